The van der Waals surface area contributed by atoms with Gasteiger partial charge in [0.2, 0.25) is 0 Å². The Kier molecular flexibility index (Phi) is 4.79. The number of para-hydroxylation sites is 1. The normalized spacial score (nSPS) is 10.8. The van der Waals surface area contributed by atoms with Crippen molar-refractivity contribution in [1.82, 2.24) is 9.55 Å². The third kappa shape index (κ3) is 3.46. The second-order valence-corrected chi connectivity index (χ2v) is 7.24. The average molecular weight is 434 g/mol. The van der Waals surface area contributed by atoms with Gasteiger partial charge in [-0.1, -0.05) is 28.1 Å². The zero-order chi connectivity index (χ0) is 19.7. The minimum Gasteiger partial charge on any atom is -0.322 e. The molecule has 1 N–H and O–H groups in total. The summed E-state index contributed by atoms with van der Waals surface area (Å²) in [5, 5.41) is 3.43. The van der Waals surface area contributed by atoms with Crippen molar-refractivity contribution in [2.24, 2.45) is 0 Å². The van der Waals surface area contributed by atoms with Gasteiger partial charge in [-0.3, -0.25) is 14.2 Å². The molecule has 0 spiro atoms. The van der Waals surface area contributed by atoms with Crippen molar-refractivity contribution < 1.29 is 4.79 Å². The number of nitrogens with zero attached hydrogens (tertiary/aromatic N) is 2. The number of aromatic nitrogens is 2. The smallest absolute Gasteiger partial charge is 0.265 e. The molecule has 1 aromatic heterocycles. The van der Waals surface area contributed by atoms with Gasteiger partial charge in [0.1, 0.15) is 5.82 Å². The van der Waals surface area contributed by atoms with E-state index in [1.165, 1.54) is 0 Å². The Morgan fingerprint density at radius 2 is 1.64 bits per heavy atom. The molecule has 0 unspecified atom stereocenters. The van der Waals surface area contributed by atoms with Gasteiger partial charge in [-0.05, 0) is 67.6 Å². The molecule has 4 aromatic rings. The maximum Gasteiger partial charge on any atom is 0.265 e. The van der Waals surface area contributed by atoms with Crippen LogP contribution in [-0.4, -0.2) is 15.5 Å². The van der Waals surface area contributed by atoms with E-state index in [1.54, 1.807) is 54.0 Å². The lowest BCUT2D eigenvalue weighted by Crippen LogP contribution is -2.22. The number of anilines is 1. The number of hydrogen-bond donors (Lipinski definition) is 1. The van der Waals surface area contributed by atoms with Crippen molar-refractivity contribution in [3.8, 4) is 5.69 Å². The summed E-state index contributed by atoms with van der Waals surface area (Å²) in [5.41, 5.74) is 2.48. The monoisotopic (exact) mass is 433 g/mol. The van der Waals surface area contributed by atoms with Gasteiger partial charge < -0.3 is 5.32 Å². The highest BCUT2D eigenvalue weighted by atomic mass is 79.9. The number of carbonyl (C=O) groups is 1. The first-order valence-corrected chi connectivity index (χ1v) is 9.48. The van der Waals surface area contributed by atoms with E-state index in [2.05, 4.69) is 26.2 Å². The fourth-order valence-corrected chi connectivity index (χ4v) is 3.31. The highest BCUT2D eigenvalue weighted by molar-refractivity contribution is 9.10. The fraction of sp³-hybridized carbons (Fsp3) is 0.0455. The average Bonchev–Trinajstić information content (AvgIpc) is 2.70. The van der Waals surface area contributed by atoms with E-state index in [-0.39, 0.29) is 11.5 Å². The fourth-order valence-electron chi connectivity index (χ4n) is 3.05. The third-order valence-electron chi connectivity index (χ3n) is 4.43. The number of aryl methyl sites for hydroxylation is 1. The SMILES string of the molecule is Cc1nc2ccccc2c(=O)n1-c1ccc(NC(=O)c2ccc(Br)cc2)cc1. The van der Waals surface area contributed by atoms with Crippen LogP contribution in [0.5, 0.6) is 0 Å². The summed E-state index contributed by atoms with van der Waals surface area (Å²) in [7, 11) is 0. The van der Waals surface area contributed by atoms with Crippen LogP contribution in [0.15, 0.2) is 82.1 Å². The van der Waals surface area contributed by atoms with Crippen molar-refractivity contribution in [1.29, 1.82) is 0 Å². The van der Waals surface area contributed by atoms with Gasteiger partial charge in [0, 0.05) is 15.7 Å². The molecular formula is C22H16BrN3O2. The predicted octanol–water partition coefficient (Wildman–Crippen LogP) is 4.71. The molecule has 0 aliphatic carbocycles. The maximum absolute atomic E-state index is 12.9. The third-order valence-corrected chi connectivity index (χ3v) is 4.96. The van der Waals surface area contributed by atoms with E-state index in [1.807, 2.05) is 30.3 Å². The van der Waals surface area contributed by atoms with E-state index in [4.69, 9.17) is 0 Å². The van der Waals surface area contributed by atoms with Gasteiger partial charge in [0.25, 0.3) is 11.5 Å². The quantitative estimate of drug-likeness (QED) is 0.508. The molecule has 0 saturated carbocycles. The summed E-state index contributed by atoms with van der Waals surface area (Å²) in [6, 6.07) is 21.6. The molecule has 5 nitrogen and oxygen atoms in total. The number of benzene rings is 3. The molecule has 0 atom stereocenters. The highest BCUT2D eigenvalue weighted by Gasteiger charge is 2.10. The lowest BCUT2D eigenvalue weighted by molar-refractivity contribution is 0.102. The van der Waals surface area contributed by atoms with E-state index >= 15 is 0 Å². The second-order valence-electron chi connectivity index (χ2n) is 6.32. The molecule has 0 aliphatic heterocycles. The van der Waals surface area contributed by atoms with E-state index in [0.717, 1.165) is 4.47 Å². The Morgan fingerprint density at radius 3 is 2.36 bits per heavy atom. The Labute approximate surface area is 169 Å². The number of hydrogen-bond acceptors (Lipinski definition) is 3. The summed E-state index contributed by atoms with van der Waals surface area (Å²) in [6.07, 6.45) is 0. The van der Waals surface area contributed by atoms with Gasteiger partial charge in [-0.2, -0.15) is 0 Å². The van der Waals surface area contributed by atoms with Crippen molar-refractivity contribution in [2.45, 2.75) is 6.92 Å². The van der Waals surface area contributed by atoms with Crippen LogP contribution in [0.3, 0.4) is 0 Å². The van der Waals surface area contributed by atoms with E-state index in [9.17, 15) is 9.59 Å². The Hall–Kier alpha value is -3.25. The van der Waals surface area contributed by atoms with Crippen LogP contribution in [0.2, 0.25) is 0 Å². The van der Waals surface area contributed by atoms with Gasteiger partial charge >= 0.3 is 0 Å². The summed E-state index contributed by atoms with van der Waals surface area (Å²) in [6.45, 7) is 1.80. The summed E-state index contributed by atoms with van der Waals surface area (Å²) < 4.78 is 2.49. The lowest BCUT2D eigenvalue weighted by atomic mass is 10.2. The van der Waals surface area contributed by atoms with Crippen LogP contribution in [-0.2, 0) is 0 Å². The largest absolute Gasteiger partial charge is 0.322 e. The molecule has 0 bridgehead atoms. The predicted molar refractivity (Wildman–Crippen MR) is 114 cm³/mol. The summed E-state index contributed by atoms with van der Waals surface area (Å²) in [5.74, 6) is 0.413. The molecule has 0 saturated heterocycles. The number of fused-ring (bicyclic) bond motifs is 1. The zero-order valence-electron chi connectivity index (χ0n) is 15.0. The number of rotatable bonds is 3. The van der Waals surface area contributed by atoms with Gasteiger partial charge in [-0.25, -0.2) is 4.98 Å². The van der Waals surface area contributed by atoms with Crippen LogP contribution in [0, 0.1) is 6.92 Å². The molecular weight excluding hydrogens is 418 g/mol. The van der Waals surface area contributed by atoms with Crippen molar-refractivity contribution in [3.05, 3.63) is 99.0 Å². The lowest BCUT2D eigenvalue weighted by Gasteiger charge is -2.12. The molecule has 0 fully saturated rings. The van der Waals surface area contributed by atoms with Gasteiger partial charge in [0.05, 0.1) is 16.6 Å². The molecule has 4 rings (SSSR count). The molecule has 0 radical (unpaired) electrons. The van der Waals surface area contributed by atoms with E-state index < -0.39 is 0 Å². The molecule has 6 heteroatoms. The van der Waals surface area contributed by atoms with Crippen LogP contribution in [0.25, 0.3) is 16.6 Å². The Morgan fingerprint density at radius 1 is 0.964 bits per heavy atom. The minimum atomic E-state index is -0.194. The van der Waals surface area contributed by atoms with Crippen LogP contribution in [0.4, 0.5) is 5.69 Å². The molecule has 1 amide bonds. The number of amides is 1. The molecule has 1 heterocycles. The standard InChI is InChI=1S/C22H16BrN3O2/c1-14-24-20-5-3-2-4-19(20)22(28)26(14)18-12-10-17(11-13-18)25-21(27)15-6-8-16(23)9-7-15/h2-13H,1H3,(H,25,27). The minimum absolute atomic E-state index is 0.116. The first-order chi connectivity index (χ1) is 13.5. The Bertz CT molecular complexity index is 1230. The van der Waals surface area contributed by atoms with Gasteiger partial charge in [0.15, 0.2) is 0 Å². The summed E-state index contributed by atoms with van der Waals surface area (Å²) >= 11 is 3.35. The molecule has 138 valence electrons. The second kappa shape index (κ2) is 7.40. The molecule has 3 aromatic carbocycles. The van der Waals surface area contributed by atoms with Crippen molar-refractivity contribution >= 4 is 38.4 Å². The van der Waals surface area contributed by atoms with Crippen LogP contribution < -0.4 is 10.9 Å². The zero-order valence-corrected chi connectivity index (χ0v) is 16.6. The first kappa shape index (κ1) is 18.1. The highest BCUT2D eigenvalue weighted by Crippen LogP contribution is 2.17. The molecule has 0 aliphatic rings. The number of nitrogens with one attached hydrogen (secondary N) is 1. The van der Waals surface area contributed by atoms with E-state index in [0.29, 0.717) is 33.7 Å². The first-order valence-electron chi connectivity index (χ1n) is 8.69. The van der Waals surface area contributed by atoms with Crippen LogP contribution in [0.1, 0.15) is 16.2 Å². The topological polar surface area (TPSA) is 64.0 Å². The van der Waals surface area contributed by atoms with Gasteiger partial charge in [-0.15, -0.1) is 0 Å². The van der Waals surface area contributed by atoms with Crippen LogP contribution >= 0.6 is 15.9 Å². The summed E-state index contributed by atoms with van der Waals surface area (Å²) in [4.78, 5) is 29.7. The Balaban J connectivity index is 1.63. The number of carbonyl (C=O) groups excluding carboxylic acids is 1. The van der Waals surface area contributed by atoms with Crippen molar-refractivity contribution in [2.75, 3.05) is 5.32 Å². The molecule has 28 heavy (non-hydrogen) atoms. The van der Waals surface area contributed by atoms with Crippen molar-refractivity contribution in [3.63, 3.8) is 0 Å². The number of halogens is 1. The maximum atomic E-state index is 12.9.